The molecule has 0 unspecified atom stereocenters. The molecule has 0 radical (unpaired) electrons. The third-order valence-electron chi connectivity index (χ3n) is 3.44. The van der Waals surface area contributed by atoms with Gasteiger partial charge in [0.25, 0.3) is 0 Å². The third kappa shape index (κ3) is 2.38. The van der Waals surface area contributed by atoms with Gasteiger partial charge in [-0.25, -0.2) is 0 Å². The van der Waals surface area contributed by atoms with Gasteiger partial charge in [0.05, 0.1) is 12.2 Å². The van der Waals surface area contributed by atoms with Crippen molar-refractivity contribution in [3.63, 3.8) is 0 Å². The maximum absolute atomic E-state index is 9.73. The van der Waals surface area contributed by atoms with Crippen LogP contribution in [0, 0.1) is 0 Å². The van der Waals surface area contributed by atoms with Crippen LogP contribution in [0.5, 0.6) is 0 Å². The quantitative estimate of drug-likeness (QED) is 0.613. The normalized spacial score (nSPS) is 46.1. The number of aliphatic hydroxyl groups excluding tert-OH is 3. The van der Waals surface area contributed by atoms with E-state index >= 15 is 0 Å². The third-order valence-corrected chi connectivity index (χ3v) is 3.44. The fraction of sp³-hybridized carbons (Fsp3) is 1.00. The Bertz CT molecular complexity index is 228. The lowest BCUT2D eigenvalue weighted by Crippen LogP contribution is -2.57. The molecule has 94 valence electrons. The number of hydrogen-bond donors (Lipinski definition) is 3. The lowest BCUT2D eigenvalue weighted by Gasteiger charge is -2.39. The summed E-state index contributed by atoms with van der Waals surface area (Å²) in [5, 5.41) is 28.8. The van der Waals surface area contributed by atoms with Crippen molar-refractivity contribution in [3.05, 3.63) is 0 Å². The van der Waals surface area contributed by atoms with Crippen molar-refractivity contribution < 1.29 is 24.8 Å². The van der Waals surface area contributed by atoms with Crippen molar-refractivity contribution in [2.24, 2.45) is 0 Å². The van der Waals surface area contributed by atoms with Crippen LogP contribution in [0.25, 0.3) is 0 Å². The zero-order valence-electron chi connectivity index (χ0n) is 9.45. The Balaban J connectivity index is 1.93. The number of ether oxygens (including phenoxy) is 2. The van der Waals surface area contributed by atoms with Crippen LogP contribution in [0.15, 0.2) is 0 Å². The molecule has 0 amide bonds. The molecule has 1 saturated carbocycles. The first-order valence-corrected chi connectivity index (χ1v) is 5.94. The molecule has 0 aromatic rings. The van der Waals surface area contributed by atoms with E-state index < -0.39 is 30.7 Å². The predicted molar refractivity (Wildman–Crippen MR) is 55.7 cm³/mol. The van der Waals surface area contributed by atoms with Crippen LogP contribution in [0.4, 0.5) is 0 Å². The van der Waals surface area contributed by atoms with Crippen molar-refractivity contribution in [1.82, 2.24) is 0 Å². The van der Waals surface area contributed by atoms with Crippen molar-refractivity contribution in [2.75, 3.05) is 0 Å². The summed E-state index contributed by atoms with van der Waals surface area (Å²) in [4.78, 5) is 0. The van der Waals surface area contributed by atoms with Gasteiger partial charge in [-0.3, -0.25) is 0 Å². The topological polar surface area (TPSA) is 79.2 Å². The molecule has 1 heterocycles. The second-order valence-corrected chi connectivity index (χ2v) is 4.72. The van der Waals surface area contributed by atoms with Crippen molar-refractivity contribution in [2.45, 2.75) is 69.4 Å². The monoisotopic (exact) mass is 232 g/mol. The average Bonchev–Trinajstić information content (AvgIpc) is 2.76. The highest BCUT2D eigenvalue weighted by molar-refractivity contribution is 4.87. The Morgan fingerprint density at radius 2 is 1.62 bits per heavy atom. The second kappa shape index (κ2) is 4.98. The van der Waals surface area contributed by atoms with E-state index in [0.29, 0.717) is 0 Å². The molecule has 2 rings (SSSR count). The van der Waals surface area contributed by atoms with Crippen LogP contribution in [0.2, 0.25) is 0 Å². The molecule has 5 atom stereocenters. The highest BCUT2D eigenvalue weighted by Gasteiger charge is 2.43. The summed E-state index contributed by atoms with van der Waals surface area (Å²) in [5.41, 5.74) is 0. The minimum Gasteiger partial charge on any atom is -0.388 e. The molecule has 2 aliphatic rings. The van der Waals surface area contributed by atoms with E-state index in [-0.39, 0.29) is 6.10 Å². The minimum absolute atomic E-state index is 0.106. The van der Waals surface area contributed by atoms with Gasteiger partial charge in [-0.05, 0) is 19.8 Å². The average molecular weight is 232 g/mol. The molecular formula is C11H20O5. The molecule has 3 N–H and O–H groups in total. The summed E-state index contributed by atoms with van der Waals surface area (Å²) in [6.07, 6.45) is -0.460. The van der Waals surface area contributed by atoms with E-state index in [0.717, 1.165) is 25.7 Å². The molecule has 1 saturated heterocycles. The summed E-state index contributed by atoms with van der Waals surface area (Å²) in [6, 6.07) is 0. The van der Waals surface area contributed by atoms with Crippen LogP contribution in [0.3, 0.4) is 0 Å². The van der Waals surface area contributed by atoms with E-state index in [1.165, 1.54) is 0 Å². The Morgan fingerprint density at radius 3 is 2.25 bits per heavy atom. The van der Waals surface area contributed by atoms with Gasteiger partial charge in [-0.2, -0.15) is 0 Å². The van der Waals surface area contributed by atoms with Crippen molar-refractivity contribution in [1.29, 1.82) is 0 Å². The Kier molecular flexibility index (Phi) is 3.81. The molecular weight excluding hydrogens is 212 g/mol. The molecule has 0 aromatic heterocycles. The summed E-state index contributed by atoms with van der Waals surface area (Å²) in [5.74, 6) is 0. The van der Waals surface area contributed by atoms with E-state index in [1.54, 1.807) is 6.92 Å². The summed E-state index contributed by atoms with van der Waals surface area (Å²) < 4.78 is 11.0. The Morgan fingerprint density at radius 1 is 1.00 bits per heavy atom. The molecule has 0 bridgehead atoms. The molecule has 1 aliphatic carbocycles. The van der Waals surface area contributed by atoms with Crippen LogP contribution in [-0.2, 0) is 9.47 Å². The summed E-state index contributed by atoms with van der Waals surface area (Å²) in [6.45, 7) is 1.66. The summed E-state index contributed by atoms with van der Waals surface area (Å²) >= 11 is 0. The zero-order chi connectivity index (χ0) is 11.7. The lowest BCUT2D eigenvalue weighted by atomic mass is 10.00. The Labute approximate surface area is 95.0 Å². The molecule has 5 nitrogen and oxygen atoms in total. The molecule has 0 aromatic carbocycles. The number of rotatable bonds is 2. The standard InChI is InChI=1S/C11H20O5/c1-6-8(12)9(13)10(14)11(15-6)16-7-4-2-3-5-7/h6-14H,2-5H2,1H3/t6-,8+,9+,10-,11-/m0/s1. The zero-order valence-corrected chi connectivity index (χ0v) is 9.45. The minimum atomic E-state index is -1.20. The van der Waals surface area contributed by atoms with Crippen LogP contribution in [0.1, 0.15) is 32.6 Å². The predicted octanol–water partition coefficient (Wildman–Crippen LogP) is -0.227. The fourth-order valence-corrected chi connectivity index (χ4v) is 2.34. The number of aliphatic hydroxyl groups is 3. The van der Waals surface area contributed by atoms with Gasteiger partial charge in [0, 0.05) is 0 Å². The van der Waals surface area contributed by atoms with Gasteiger partial charge in [-0.1, -0.05) is 12.8 Å². The van der Waals surface area contributed by atoms with Gasteiger partial charge >= 0.3 is 0 Å². The first kappa shape index (κ1) is 12.3. The van der Waals surface area contributed by atoms with Gasteiger partial charge in [-0.15, -0.1) is 0 Å². The smallest absolute Gasteiger partial charge is 0.186 e. The largest absolute Gasteiger partial charge is 0.388 e. The van der Waals surface area contributed by atoms with E-state index in [2.05, 4.69) is 0 Å². The highest BCUT2D eigenvalue weighted by atomic mass is 16.7. The SMILES string of the molecule is C[C@@H]1O[C@@H](OC2CCCC2)[C@@H](O)[C@H](O)[C@@H]1O. The Hall–Kier alpha value is -0.200. The highest BCUT2D eigenvalue weighted by Crippen LogP contribution is 2.27. The molecule has 5 heteroatoms. The van der Waals surface area contributed by atoms with E-state index in [1.807, 2.05) is 0 Å². The first-order chi connectivity index (χ1) is 7.59. The van der Waals surface area contributed by atoms with Gasteiger partial charge in [0.15, 0.2) is 6.29 Å². The fourth-order valence-electron chi connectivity index (χ4n) is 2.34. The maximum atomic E-state index is 9.73. The molecule has 2 fully saturated rings. The van der Waals surface area contributed by atoms with Crippen LogP contribution < -0.4 is 0 Å². The van der Waals surface area contributed by atoms with E-state index in [9.17, 15) is 15.3 Å². The van der Waals surface area contributed by atoms with Gasteiger partial charge in [0.2, 0.25) is 0 Å². The lowest BCUT2D eigenvalue weighted by molar-refractivity contribution is -0.303. The van der Waals surface area contributed by atoms with Crippen molar-refractivity contribution in [3.8, 4) is 0 Å². The first-order valence-electron chi connectivity index (χ1n) is 5.94. The molecule has 1 aliphatic heterocycles. The number of hydrogen-bond acceptors (Lipinski definition) is 5. The summed E-state index contributed by atoms with van der Waals surface area (Å²) in [7, 11) is 0. The van der Waals surface area contributed by atoms with Crippen LogP contribution >= 0.6 is 0 Å². The van der Waals surface area contributed by atoms with Crippen molar-refractivity contribution >= 4 is 0 Å². The maximum Gasteiger partial charge on any atom is 0.186 e. The van der Waals surface area contributed by atoms with Crippen LogP contribution in [-0.4, -0.2) is 52.1 Å². The second-order valence-electron chi connectivity index (χ2n) is 4.72. The molecule has 16 heavy (non-hydrogen) atoms. The molecule has 0 spiro atoms. The van der Waals surface area contributed by atoms with Gasteiger partial charge < -0.3 is 24.8 Å². The van der Waals surface area contributed by atoms with Gasteiger partial charge in [0.1, 0.15) is 18.3 Å². The van der Waals surface area contributed by atoms with E-state index in [4.69, 9.17) is 9.47 Å².